The number of Topliss-reactive ketones (excluding diaryl/α,β-unsaturated/α-hetero) is 1. The van der Waals surface area contributed by atoms with E-state index in [9.17, 15) is 14.7 Å². The van der Waals surface area contributed by atoms with Crippen LogP contribution >= 0.6 is 11.7 Å². The highest BCUT2D eigenvalue weighted by Crippen LogP contribution is 2.28. The van der Waals surface area contributed by atoms with Crippen LogP contribution in [-0.2, 0) is 11.2 Å². The zero-order valence-electron chi connectivity index (χ0n) is 16.6. The van der Waals surface area contributed by atoms with E-state index in [0.29, 0.717) is 27.9 Å². The largest absolute Gasteiger partial charge is 0.497 e. The number of ether oxygens (including phenoxy) is 1. The fourth-order valence-electron chi connectivity index (χ4n) is 3.36. The molecule has 6 nitrogen and oxygen atoms in total. The quantitative estimate of drug-likeness (QED) is 0.339. The predicted molar refractivity (Wildman–Crippen MR) is 119 cm³/mol. The summed E-state index contributed by atoms with van der Waals surface area (Å²) in [5.41, 5.74) is 3.09. The maximum absolute atomic E-state index is 13.4. The molecule has 0 amide bonds. The van der Waals surface area contributed by atoms with Gasteiger partial charge in [-0.25, -0.2) is 4.79 Å². The first-order valence-corrected chi connectivity index (χ1v) is 10.2. The van der Waals surface area contributed by atoms with Crippen molar-refractivity contribution in [1.29, 1.82) is 0 Å². The fraction of sp³-hybridized carbons (Fsp3) is 0.0833. The number of carboxylic acids is 1. The number of aliphatic carboxylic acids is 1. The van der Waals surface area contributed by atoms with Crippen molar-refractivity contribution in [3.63, 3.8) is 0 Å². The molecule has 0 fully saturated rings. The van der Waals surface area contributed by atoms with Gasteiger partial charge in [-0.15, -0.1) is 0 Å². The highest BCUT2D eigenvalue weighted by atomic mass is 32.1. The first kappa shape index (κ1) is 20.4. The Hall–Kier alpha value is -3.84. The van der Waals surface area contributed by atoms with E-state index >= 15 is 0 Å². The van der Waals surface area contributed by atoms with Crippen LogP contribution in [-0.4, -0.2) is 32.7 Å². The molecule has 7 heteroatoms. The summed E-state index contributed by atoms with van der Waals surface area (Å²) in [6.45, 7) is 0. The minimum atomic E-state index is -1.17. The van der Waals surface area contributed by atoms with Crippen LogP contribution in [0.3, 0.4) is 0 Å². The summed E-state index contributed by atoms with van der Waals surface area (Å²) in [7, 11) is 1.57. The number of aromatic nitrogens is 2. The molecule has 4 aromatic rings. The summed E-state index contributed by atoms with van der Waals surface area (Å²) < 4.78 is 13.6. The molecule has 0 saturated carbocycles. The Morgan fingerprint density at radius 3 is 2.29 bits per heavy atom. The van der Waals surface area contributed by atoms with Gasteiger partial charge in [-0.1, -0.05) is 48.5 Å². The van der Waals surface area contributed by atoms with E-state index in [4.69, 9.17) is 4.74 Å². The summed E-state index contributed by atoms with van der Waals surface area (Å²) >= 11 is 1.06. The number of hydrogen-bond donors (Lipinski definition) is 1. The number of ketones is 1. The van der Waals surface area contributed by atoms with E-state index in [0.717, 1.165) is 17.3 Å². The lowest BCUT2D eigenvalue weighted by atomic mass is 9.89. The molecule has 1 aromatic heterocycles. The van der Waals surface area contributed by atoms with Crippen LogP contribution in [0, 0.1) is 0 Å². The zero-order chi connectivity index (χ0) is 21.8. The van der Waals surface area contributed by atoms with Crippen molar-refractivity contribution in [3.05, 3.63) is 95.1 Å². The molecule has 0 aliphatic rings. The third-order valence-electron chi connectivity index (χ3n) is 4.91. The van der Waals surface area contributed by atoms with Crippen LogP contribution in [0.25, 0.3) is 16.6 Å². The average molecular weight is 430 g/mol. The number of fused-ring (bicyclic) bond motifs is 1. The molecule has 1 heterocycles. The molecule has 3 aromatic carbocycles. The maximum atomic E-state index is 13.4. The monoisotopic (exact) mass is 430 g/mol. The zero-order valence-corrected chi connectivity index (χ0v) is 17.4. The minimum Gasteiger partial charge on any atom is -0.497 e. The van der Waals surface area contributed by atoms with E-state index in [1.807, 2.05) is 18.2 Å². The molecular weight excluding hydrogens is 412 g/mol. The van der Waals surface area contributed by atoms with Crippen molar-refractivity contribution in [3.8, 4) is 5.75 Å². The number of carboxylic acid groups (broad SMARTS) is 1. The van der Waals surface area contributed by atoms with Crippen LogP contribution in [0.15, 0.2) is 78.4 Å². The maximum Gasteiger partial charge on any atom is 0.336 e. The topological polar surface area (TPSA) is 89.4 Å². The normalized spacial score (nSPS) is 11.8. The molecule has 0 spiro atoms. The molecule has 0 aliphatic carbocycles. The number of allylic oxidation sites excluding steroid dienone is 1. The number of rotatable bonds is 7. The Morgan fingerprint density at radius 1 is 0.903 bits per heavy atom. The van der Waals surface area contributed by atoms with Gasteiger partial charge in [0, 0.05) is 17.6 Å². The van der Waals surface area contributed by atoms with E-state index in [1.54, 1.807) is 61.7 Å². The van der Waals surface area contributed by atoms with Crippen molar-refractivity contribution < 1.29 is 19.4 Å². The summed E-state index contributed by atoms with van der Waals surface area (Å²) in [5.74, 6) is -0.816. The van der Waals surface area contributed by atoms with Crippen molar-refractivity contribution in [2.45, 2.75) is 6.42 Å². The lowest BCUT2D eigenvalue weighted by Gasteiger charge is -2.13. The second kappa shape index (κ2) is 8.89. The molecule has 0 bridgehead atoms. The number of hydrogen-bond acceptors (Lipinski definition) is 6. The van der Waals surface area contributed by atoms with Gasteiger partial charge < -0.3 is 9.84 Å². The SMILES string of the molecule is COc1ccc(CC(C(=O)c2ccccc2)=C(C(=O)O)c2ccc3nsnc3c2)cc1. The molecule has 0 aliphatic heterocycles. The van der Waals surface area contributed by atoms with Crippen LogP contribution in [0.2, 0.25) is 0 Å². The highest BCUT2D eigenvalue weighted by molar-refractivity contribution is 7.00. The molecule has 0 atom stereocenters. The van der Waals surface area contributed by atoms with Crippen LogP contribution < -0.4 is 4.74 Å². The van der Waals surface area contributed by atoms with Gasteiger partial charge in [-0.05, 0) is 35.4 Å². The standard InChI is InChI=1S/C24H18N2O4S/c1-30-18-10-7-15(8-11-18)13-19(23(27)16-5-3-2-4-6-16)22(24(28)29)17-9-12-20-21(14-17)26-31-25-20/h2-12,14H,13H2,1H3,(H,28,29). The molecule has 31 heavy (non-hydrogen) atoms. The lowest BCUT2D eigenvalue weighted by Crippen LogP contribution is -2.14. The van der Waals surface area contributed by atoms with Crippen LogP contribution in [0.1, 0.15) is 21.5 Å². The second-order valence-electron chi connectivity index (χ2n) is 6.85. The van der Waals surface area contributed by atoms with Gasteiger partial charge in [-0.3, -0.25) is 4.79 Å². The number of methoxy groups -OCH3 is 1. The van der Waals surface area contributed by atoms with Gasteiger partial charge in [0.2, 0.25) is 0 Å². The summed E-state index contributed by atoms with van der Waals surface area (Å²) in [5, 5.41) is 10.1. The summed E-state index contributed by atoms with van der Waals surface area (Å²) in [6, 6.07) is 21.0. The molecule has 154 valence electrons. The smallest absolute Gasteiger partial charge is 0.336 e. The van der Waals surface area contributed by atoms with Gasteiger partial charge in [0.1, 0.15) is 16.8 Å². The van der Waals surface area contributed by atoms with Gasteiger partial charge in [-0.2, -0.15) is 8.75 Å². The van der Waals surface area contributed by atoms with Gasteiger partial charge in [0.15, 0.2) is 5.78 Å². The first-order valence-electron chi connectivity index (χ1n) is 9.48. The molecule has 1 N–H and O–H groups in total. The highest BCUT2D eigenvalue weighted by Gasteiger charge is 2.24. The Balaban J connectivity index is 1.88. The first-order chi connectivity index (χ1) is 15.1. The van der Waals surface area contributed by atoms with E-state index in [-0.39, 0.29) is 23.4 Å². The third kappa shape index (κ3) is 4.36. The minimum absolute atomic E-state index is 0.0421. The van der Waals surface area contributed by atoms with Crippen LogP contribution in [0.5, 0.6) is 5.75 Å². The average Bonchev–Trinajstić information content (AvgIpc) is 3.27. The molecular formula is C24H18N2O4S. The Kier molecular flexibility index (Phi) is 5.86. The second-order valence-corrected chi connectivity index (χ2v) is 7.37. The van der Waals surface area contributed by atoms with Crippen molar-refractivity contribution in [1.82, 2.24) is 8.75 Å². The van der Waals surface area contributed by atoms with E-state index in [1.165, 1.54) is 0 Å². The Labute approximate surface area is 182 Å². The van der Waals surface area contributed by atoms with Crippen molar-refractivity contribution in [2.24, 2.45) is 0 Å². The Bertz CT molecular complexity index is 1280. The van der Waals surface area contributed by atoms with E-state index in [2.05, 4.69) is 8.75 Å². The van der Waals surface area contributed by atoms with Gasteiger partial charge >= 0.3 is 5.97 Å². The third-order valence-corrected chi connectivity index (χ3v) is 5.46. The molecule has 4 rings (SSSR count). The van der Waals surface area contributed by atoms with Crippen molar-refractivity contribution >= 4 is 40.1 Å². The predicted octanol–water partition coefficient (Wildman–Crippen LogP) is 4.66. The van der Waals surface area contributed by atoms with Crippen molar-refractivity contribution in [2.75, 3.05) is 7.11 Å². The van der Waals surface area contributed by atoms with Crippen LogP contribution in [0.4, 0.5) is 0 Å². The number of carbonyl (C=O) groups is 2. The lowest BCUT2D eigenvalue weighted by molar-refractivity contribution is -0.130. The number of benzene rings is 3. The summed E-state index contributed by atoms with van der Waals surface area (Å²) in [6.07, 6.45) is 0.159. The molecule has 0 saturated heterocycles. The summed E-state index contributed by atoms with van der Waals surface area (Å²) in [4.78, 5) is 25.8. The molecule has 0 radical (unpaired) electrons. The number of carbonyl (C=O) groups excluding carboxylic acids is 1. The Morgan fingerprint density at radius 2 is 1.61 bits per heavy atom. The van der Waals surface area contributed by atoms with Gasteiger partial charge in [0.05, 0.1) is 24.4 Å². The van der Waals surface area contributed by atoms with Gasteiger partial charge in [0.25, 0.3) is 0 Å². The number of nitrogens with zero attached hydrogens (tertiary/aromatic N) is 2. The molecule has 0 unspecified atom stereocenters. The fourth-order valence-corrected chi connectivity index (χ4v) is 3.88. The van der Waals surface area contributed by atoms with E-state index < -0.39 is 5.97 Å².